The van der Waals surface area contributed by atoms with E-state index in [4.69, 9.17) is 16.4 Å². The Balaban J connectivity index is 0.00000160. The fraction of sp³-hybridized carbons (Fsp3) is 0.227. The largest absolute Gasteiger partial charge is 0.398 e. The summed E-state index contributed by atoms with van der Waals surface area (Å²) >= 11 is 0. The molecule has 4 N–H and O–H groups in total. The summed E-state index contributed by atoms with van der Waals surface area (Å²) < 4.78 is 1.92. The number of benzene rings is 1. The van der Waals surface area contributed by atoms with Crippen LogP contribution in [0.3, 0.4) is 0 Å². The number of aryl methyl sites for hydroxylation is 2. The molecule has 0 saturated carbocycles. The molecule has 7 heteroatoms. The molecule has 2 aromatic heterocycles. The molecule has 0 aliphatic heterocycles. The summed E-state index contributed by atoms with van der Waals surface area (Å²) in [5, 5.41) is 21.2. The number of hydrogen-bond donors (Lipinski definition) is 3. The smallest absolute Gasteiger partial charge is 0.101 e. The van der Waals surface area contributed by atoms with E-state index in [2.05, 4.69) is 16.4 Å². The van der Waals surface area contributed by atoms with Gasteiger partial charge in [0.1, 0.15) is 6.07 Å². The maximum atomic E-state index is 9.11. The molecule has 0 saturated heterocycles. The standard InChI is InChI=1S/C22H22N6.HI.2H2/c1-28-8-7-16(13-28)21(25)18-10-17(5-6-19(18)24)27-20-4-2-3-15-9-14(11-23)12-26-22(15)20;;;/h5-10,12-13,20,25,27H,2-4,24H2,1H3;3*1H/t20-;;;/m1.../s1. The fourth-order valence-corrected chi connectivity index (χ4v) is 3.74. The van der Waals surface area contributed by atoms with Crippen LogP contribution in [0.25, 0.3) is 0 Å². The van der Waals surface area contributed by atoms with Gasteiger partial charge in [-0.2, -0.15) is 5.26 Å². The van der Waals surface area contributed by atoms with Crippen molar-refractivity contribution in [3.8, 4) is 6.07 Å². The zero-order valence-electron chi connectivity index (χ0n) is 16.1. The van der Waals surface area contributed by atoms with Crippen molar-refractivity contribution < 1.29 is 2.85 Å². The predicted molar refractivity (Wildman–Crippen MR) is 130 cm³/mol. The molecule has 0 bridgehead atoms. The first-order chi connectivity index (χ1) is 13.5. The average Bonchev–Trinajstić information content (AvgIpc) is 3.15. The molecule has 1 aliphatic rings. The normalized spacial score (nSPS) is 15.0. The summed E-state index contributed by atoms with van der Waals surface area (Å²) in [5.41, 5.74) is 12.3. The fourth-order valence-electron chi connectivity index (χ4n) is 3.74. The Labute approximate surface area is 190 Å². The molecular formula is C22H27IN6. The summed E-state index contributed by atoms with van der Waals surface area (Å²) in [4.78, 5) is 4.54. The second-order valence-corrected chi connectivity index (χ2v) is 7.21. The first-order valence-electron chi connectivity index (χ1n) is 9.31. The van der Waals surface area contributed by atoms with Gasteiger partial charge in [-0.15, -0.1) is 24.0 Å². The number of anilines is 2. The summed E-state index contributed by atoms with van der Waals surface area (Å²) in [5.74, 6) is 0. The van der Waals surface area contributed by atoms with Gasteiger partial charge in [-0.1, -0.05) is 0 Å². The van der Waals surface area contributed by atoms with E-state index in [-0.39, 0.29) is 32.9 Å². The number of halogens is 1. The number of aromatic nitrogens is 2. The molecule has 6 nitrogen and oxygen atoms in total. The summed E-state index contributed by atoms with van der Waals surface area (Å²) in [6, 6.07) is 11.8. The highest BCUT2D eigenvalue weighted by atomic mass is 127. The highest BCUT2D eigenvalue weighted by molar-refractivity contribution is 14.0. The number of nitrogens with zero attached hydrogens (tertiary/aromatic N) is 3. The van der Waals surface area contributed by atoms with Gasteiger partial charge in [0.15, 0.2) is 0 Å². The number of hydrogen-bond acceptors (Lipinski definition) is 5. The van der Waals surface area contributed by atoms with Crippen molar-refractivity contribution >= 4 is 41.1 Å². The maximum Gasteiger partial charge on any atom is 0.101 e. The highest BCUT2D eigenvalue weighted by Gasteiger charge is 2.22. The van der Waals surface area contributed by atoms with Crippen LogP contribution in [-0.2, 0) is 13.5 Å². The van der Waals surface area contributed by atoms with Gasteiger partial charge >= 0.3 is 0 Å². The molecule has 1 atom stereocenters. The van der Waals surface area contributed by atoms with Crippen LogP contribution in [0.1, 0.15) is 49.7 Å². The molecule has 2 heterocycles. The van der Waals surface area contributed by atoms with Gasteiger partial charge in [0, 0.05) is 51.0 Å². The second kappa shape index (κ2) is 8.66. The van der Waals surface area contributed by atoms with Crippen molar-refractivity contribution in [3.63, 3.8) is 0 Å². The predicted octanol–water partition coefficient (Wildman–Crippen LogP) is 4.89. The number of rotatable bonds is 4. The van der Waals surface area contributed by atoms with E-state index in [0.29, 0.717) is 22.5 Å². The Morgan fingerprint density at radius 1 is 1.38 bits per heavy atom. The molecule has 0 radical (unpaired) electrons. The van der Waals surface area contributed by atoms with Crippen molar-refractivity contribution in [1.82, 2.24) is 9.55 Å². The average molecular weight is 502 g/mol. The van der Waals surface area contributed by atoms with Crippen molar-refractivity contribution in [2.24, 2.45) is 7.05 Å². The molecule has 29 heavy (non-hydrogen) atoms. The summed E-state index contributed by atoms with van der Waals surface area (Å²) in [6.07, 6.45) is 8.43. The van der Waals surface area contributed by atoms with Crippen LogP contribution in [-0.4, -0.2) is 15.3 Å². The van der Waals surface area contributed by atoms with E-state index in [1.54, 1.807) is 6.20 Å². The molecular weight excluding hydrogens is 475 g/mol. The third-order valence-electron chi connectivity index (χ3n) is 5.18. The van der Waals surface area contributed by atoms with Gasteiger partial charge in [0.2, 0.25) is 0 Å². The molecule has 0 amide bonds. The lowest BCUT2D eigenvalue weighted by molar-refractivity contribution is 0.583. The summed E-state index contributed by atoms with van der Waals surface area (Å²) in [6.45, 7) is 0. The number of nitrogens with two attached hydrogens (primary N) is 1. The lowest BCUT2D eigenvalue weighted by atomic mass is 9.90. The Bertz CT molecular complexity index is 1110. The first kappa shape index (κ1) is 20.9. The minimum atomic E-state index is 0. The Hall–Kier alpha value is -2.86. The van der Waals surface area contributed by atoms with E-state index in [9.17, 15) is 0 Å². The SMILES string of the molecule is Cn1ccc(C(=N)c2cc(N[C@@H]3CCCc4cc(C#N)cnc43)ccc2N)c1.I.[HH].[HH]. The minimum Gasteiger partial charge on any atom is -0.398 e. The van der Waals surface area contributed by atoms with E-state index < -0.39 is 0 Å². The van der Waals surface area contributed by atoms with Gasteiger partial charge in [-0.05, 0) is 55.2 Å². The first-order valence-corrected chi connectivity index (χ1v) is 9.31. The van der Waals surface area contributed by atoms with Crippen LogP contribution in [0.4, 0.5) is 11.4 Å². The zero-order valence-corrected chi connectivity index (χ0v) is 18.5. The van der Waals surface area contributed by atoms with Crippen LogP contribution in [0.15, 0.2) is 48.9 Å². The van der Waals surface area contributed by atoms with Gasteiger partial charge in [0.25, 0.3) is 0 Å². The van der Waals surface area contributed by atoms with Crippen molar-refractivity contribution in [1.29, 1.82) is 10.7 Å². The van der Waals surface area contributed by atoms with Crippen LogP contribution < -0.4 is 11.1 Å². The third-order valence-corrected chi connectivity index (χ3v) is 5.18. The Morgan fingerprint density at radius 3 is 2.93 bits per heavy atom. The molecule has 0 unspecified atom stereocenters. The molecule has 152 valence electrons. The molecule has 1 aliphatic carbocycles. The van der Waals surface area contributed by atoms with E-state index >= 15 is 0 Å². The molecule has 4 rings (SSSR count). The van der Waals surface area contributed by atoms with E-state index in [0.717, 1.165) is 41.8 Å². The van der Waals surface area contributed by atoms with Gasteiger partial charge in [-0.25, -0.2) is 0 Å². The maximum absolute atomic E-state index is 9.11. The Morgan fingerprint density at radius 2 is 2.21 bits per heavy atom. The van der Waals surface area contributed by atoms with Gasteiger partial charge in [0.05, 0.1) is 23.0 Å². The number of nitrogen functional groups attached to an aromatic ring is 1. The number of nitriles is 1. The van der Waals surface area contributed by atoms with Crippen molar-refractivity contribution in [2.75, 3.05) is 11.1 Å². The van der Waals surface area contributed by atoms with Crippen molar-refractivity contribution in [3.05, 3.63) is 76.9 Å². The number of nitrogens with one attached hydrogen (secondary N) is 2. The number of pyridine rings is 1. The molecule has 3 aromatic rings. The summed E-state index contributed by atoms with van der Waals surface area (Å²) in [7, 11) is 1.93. The topological polar surface area (TPSA) is 104 Å². The van der Waals surface area contributed by atoms with Crippen LogP contribution in [0.5, 0.6) is 0 Å². The monoisotopic (exact) mass is 502 g/mol. The lowest BCUT2D eigenvalue weighted by Crippen LogP contribution is -2.19. The van der Waals surface area contributed by atoms with E-state index in [1.807, 2.05) is 54.3 Å². The number of fused-ring (bicyclic) bond motifs is 1. The van der Waals surface area contributed by atoms with E-state index in [1.165, 1.54) is 0 Å². The van der Waals surface area contributed by atoms with Gasteiger partial charge < -0.3 is 15.6 Å². The lowest BCUT2D eigenvalue weighted by Gasteiger charge is -2.26. The third kappa shape index (κ3) is 4.27. The van der Waals surface area contributed by atoms with Crippen molar-refractivity contribution in [2.45, 2.75) is 25.3 Å². The van der Waals surface area contributed by atoms with Crippen LogP contribution in [0.2, 0.25) is 0 Å². The molecule has 0 spiro atoms. The Kier molecular flexibility index (Phi) is 6.23. The molecule has 0 fully saturated rings. The van der Waals surface area contributed by atoms with Crippen LogP contribution in [0, 0.1) is 16.7 Å². The quantitative estimate of drug-likeness (QED) is 0.269. The highest BCUT2D eigenvalue weighted by Crippen LogP contribution is 2.32. The minimum absolute atomic E-state index is 0. The zero-order chi connectivity index (χ0) is 19.7. The second-order valence-electron chi connectivity index (χ2n) is 7.21. The molecule has 1 aromatic carbocycles. The van der Waals surface area contributed by atoms with Gasteiger partial charge in [-0.3, -0.25) is 10.4 Å². The van der Waals surface area contributed by atoms with Crippen LogP contribution >= 0.6 is 24.0 Å².